The van der Waals surface area contributed by atoms with Gasteiger partial charge in [0.25, 0.3) is 0 Å². The van der Waals surface area contributed by atoms with E-state index in [1.54, 1.807) is 24.3 Å². The van der Waals surface area contributed by atoms with Gasteiger partial charge < -0.3 is 15.4 Å². The zero-order valence-electron chi connectivity index (χ0n) is 14.8. The monoisotopic (exact) mass is 390 g/mol. The third-order valence-electron chi connectivity index (χ3n) is 4.25. The van der Waals surface area contributed by atoms with Gasteiger partial charge in [-0.3, -0.25) is 0 Å². The van der Waals surface area contributed by atoms with Crippen molar-refractivity contribution in [1.82, 2.24) is 10.6 Å². The highest BCUT2D eigenvalue weighted by Crippen LogP contribution is 2.33. The molecule has 0 aromatic heterocycles. The second-order valence-electron chi connectivity index (χ2n) is 6.26. The molecule has 0 aliphatic carbocycles. The van der Waals surface area contributed by atoms with Crippen molar-refractivity contribution in [3.05, 3.63) is 82.6 Å². The van der Waals surface area contributed by atoms with E-state index in [1.807, 2.05) is 6.07 Å². The normalized spacial score (nSPS) is 17.0. The summed E-state index contributed by atoms with van der Waals surface area (Å²) in [4.78, 5) is 24.5. The van der Waals surface area contributed by atoms with E-state index in [1.165, 1.54) is 19.1 Å². The Kier molecular flexibility index (Phi) is 5.39. The SMILES string of the molecule is CC1=C(C(=O)OCc2ccccc2)C(c2cccc(C(F)(F)F)c2)NC(=O)N1. The first kappa shape index (κ1) is 19.5. The smallest absolute Gasteiger partial charge is 0.416 e. The van der Waals surface area contributed by atoms with Gasteiger partial charge in [0.2, 0.25) is 0 Å². The number of hydrogen-bond donors (Lipinski definition) is 2. The molecular formula is C20H17F3N2O3. The van der Waals surface area contributed by atoms with Crippen LogP contribution in [-0.2, 0) is 22.3 Å². The number of ether oxygens (including phenoxy) is 1. The van der Waals surface area contributed by atoms with Crippen molar-refractivity contribution in [1.29, 1.82) is 0 Å². The highest BCUT2D eigenvalue weighted by atomic mass is 19.4. The Morgan fingerprint density at radius 2 is 1.82 bits per heavy atom. The maximum absolute atomic E-state index is 13.0. The Labute approximate surface area is 159 Å². The van der Waals surface area contributed by atoms with Crippen LogP contribution in [0.1, 0.15) is 29.7 Å². The number of halogens is 3. The van der Waals surface area contributed by atoms with Gasteiger partial charge in [-0.05, 0) is 30.2 Å². The molecule has 2 amide bonds. The summed E-state index contributed by atoms with van der Waals surface area (Å²) in [7, 11) is 0. The molecule has 3 rings (SSSR count). The van der Waals surface area contributed by atoms with Gasteiger partial charge >= 0.3 is 18.2 Å². The molecule has 1 aliphatic rings. The summed E-state index contributed by atoms with van der Waals surface area (Å²) in [5.74, 6) is -0.726. The van der Waals surface area contributed by atoms with Crippen LogP contribution < -0.4 is 10.6 Å². The number of rotatable bonds is 4. The fourth-order valence-corrected chi connectivity index (χ4v) is 2.91. The minimum Gasteiger partial charge on any atom is -0.457 e. The standard InChI is InChI=1S/C20H17F3N2O3/c1-12-16(18(26)28-11-13-6-3-2-4-7-13)17(25-19(27)24-12)14-8-5-9-15(10-14)20(21,22)23/h2-10,17H,11H2,1H3,(H2,24,25,27). The number of esters is 1. The lowest BCUT2D eigenvalue weighted by Crippen LogP contribution is -2.45. The molecule has 28 heavy (non-hydrogen) atoms. The number of amides is 2. The number of carbonyl (C=O) groups is 2. The van der Waals surface area contributed by atoms with Crippen LogP contribution in [0.5, 0.6) is 0 Å². The number of urea groups is 1. The highest BCUT2D eigenvalue weighted by Gasteiger charge is 2.35. The van der Waals surface area contributed by atoms with E-state index < -0.39 is 29.8 Å². The van der Waals surface area contributed by atoms with E-state index >= 15 is 0 Å². The molecule has 0 fully saturated rings. The van der Waals surface area contributed by atoms with Crippen LogP contribution in [0.15, 0.2) is 65.9 Å². The summed E-state index contributed by atoms with van der Waals surface area (Å²) in [6, 6.07) is 11.8. The fraction of sp³-hybridized carbons (Fsp3) is 0.200. The van der Waals surface area contributed by atoms with Gasteiger partial charge in [-0.2, -0.15) is 13.2 Å². The molecule has 0 saturated carbocycles. The molecule has 1 aliphatic heterocycles. The predicted molar refractivity (Wildman–Crippen MR) is 94.8 cm³/mol. The van der Waals surface area contributed by atoms with Crippen molar-refractivity contribution < 1.29 is 27.5 Å². The highest BCUT2D eigenvalue weighted by molar-refractivity contribution is 5.95. The number of allylic oxidation sites excluding steroid dienone is 1. The average Bonchev–Trinajstić information content (AvgIpc) is 2.66. The summed E-state index contributed by atoms with van der Waals surface area (Å²) in [5.41, 5.74) is 0.305. The summed E-state index contributed by atoms with van der Waals surface area (Å²) in [6.45, 7) is 1.50. The van der Waals surface area contributed by atoms with Crippen LogP contribution in [0.25, 0.3) is 0 Å². The molecule has 0 radical (unpaired) electrons. The first-order valence-corrected chi connectivity index (χ1v) is 8.42. The van der Waals surface area contributed by atoms with Gasteiger partial charge in [-0.15, -0.1) is 0 Å². The molecule has 146 valence electrons. The Morgan fingerprint density at radius 3 is 2.50 bits per heavy atom. The van der Waals surface area contributed by atoms with Crippen LogP contribution in [0.2, 0.25) is 0 Å². The first-order valence-electron chi connectivity index (χ1n) is 8.42. The van der Waals surface area contributed by atoms with E-state index in [0.717, 1.165) is 17.7 Å². The lowest BCUT2D eigenvalue weighted by atomic mass is 9.94. The van der Waals surface area contributed by atoms with E-state index in [0.29, 0.717) is 0 Å². The molecule has 0 spiro atoms. The second kappa shape index (κ2) is 7.75. The van der Waals surface area contributed by atoms with Crippen LogP contribution in [-0.4, -0.2) is 12.0 Å². The third-order valence-corrected chi connectivity index (χ3v) is 4.25. The number of alkyl halides is 3. The van der Waals surface area contributed by atoms with Crippen molar-refractivity contribution in [2.75, 3.05) is 0 Å². The molecular weight excluding hydrogens is 373 g/mol. The summed E-state index contributed by atoms with van der Waals surface area (Å²) >= 11 is 0. The zero-order chi connectivity index (χ0) is 20.3. The predicted octanol–water partition coefficient (Wildman–Crippen LogP) is 4.08. The maximum Gasteiger partial charge on any atom is 0.416 e. The van der Waals surface area contributed by atoms with Crippen molar-refractivity contribution in [2.45, 2.75) is 25.7 Å². The minimum atomic E-state index is -4.54. The Morgan fingerprint density at radius 1 is 1.11 bits per heavy atom. The first-order chi connectivity index (χ1) is 13.3. The van der Waals surface area contributed by atoms with Gasteiger partial charge in [-0.1, -0.05) is 42.5 Å². The Bertz CT molecular complexity index is 924. The largest absolute Gasteiger partial charge is 0.457 e. The lowest BCUT2D eigenvalue weighted by Gasteiger charge is -2.28. The Hall–Kier alpha value is -3.29. The van der Waals surface area contributed by atoms with Crippen molar-refractivity contribution in [3.63, 3.8) is 0 Å². The van der Waals surface area contributed by atoms with Crippen molar-refractivity contribution in [3.8, 4) is 0 Å². The quantitative estimate of drug-likeness (QED) is 0.774. The van der Waals surface area contributed by atoms with E-state index in [4.69, 9.17) is 4.74 Å². The van der Waals surface area contributed by atoms with Gasteiger partial charge in [0.15, 0.2) is 0 Å². The molecule has 1 unspecified atom stereocenters. The molecule has 2 aromatic carbocycles. The number of benzene rings is 2. The van der Waals surface area contributed by atoms with Gasteiger partial charge in [0, 0.05) is 5.70 Å². The average molecular weight is 390 g/mol. The van der Waals surface area contributed by atoms with Crippen molar-refractivity contribution >= 4 is 12.0 Å². The second-order valence-corrected chi connectivity index (χ2v) is 6.26. The van der Waals surface area contributed by atoms with E-state index in [2.05, 4.69) is 10.6 Å². The van der Waals surface area contributed by atoms with Gasteiger partial charge in [0.1, 0.15) is 6.61 Å². The topological polar surface area (TPSA) is 67.4 Å². The van der Waals surface area contributed by atoms with E-state index in [9.17, 15) is 22.8 Å². The summed E-state index contributed by atoms with van der Waals surface area (Å²) < 4.78 is 44.5. The van der Waals surface area contributed by atoms with E-state index in [-0.39, 0.29) is 23.4 Å². The zero-order valence-corrected chi connectivity index (χ0v) is 14.8. The van der Waals surface area contributed by atoms with Crippen LogP contribution in [0.4, 0.5) is 18.0 Å². The Balaban J connectivity index is 1.89. The fourth-order valence-electron chi connectivity index (χ4n) is 2.91. The van der Waals surface area contributed by atoms with Crippen molar-refractivity contribution in [2.24, 2.45) is 0 Å². The minimum absolute atomic E-state index is 0.000287. The molecule has 1 atom stereocenters. The third kappa shape index (κ3) is 4.33. The summed E-state index contributed by atoms with van der Waals surface area (Å²) in [6.07, 6.45) is -4.54. The van der Waals surface area contributed by atoms with Crippen LogP contribution >= 0.6 is 0 Å². The number of hydrogen-bond acceptors (Lipinski definition) is 3. The van der Waals surface area contributed by atoms with Gasteiger partial charge in [0.05, 0.1) is 17.2 Å². The summed E-state index contributed by atoms with van der Waals surface area (Å²) in [5, 5.41) is 4.95. The molecule has 8 heteroatoms. The molecule has 5 nitrogen and oxygen atoms in total. The molecule has 0 bridgehead atoms. The molecule has 0 saturated heterocycles. The molecule has 1 heterocycles. The lowest BCUT2D eigenvalue weighted by molar-refractivity contribution is -0.140. The maximum atomic E-state index is 13.0. The molecule has 2 N–H and O–H groups in total. The van der Waals surface area contributed by atoms with Crippen LogP contribution in [0, 0.1) is 0 Å². The number of nitrogens with one attached hydrogen (secondary N) is 2. The molecule has 2 aromatic rings. The van der Waals surface area contributed by atoms with Crippen LogP contribution in [0.3, 0.4) is 0 Å². The number of carbonyl (C=O) groups excluding carboxylic acids is 2. The van der Waals surface area contributed by atoms with Gasteiger partial charge in [-0.25, -0.2) is 9.59 Å².